The first kappa shape index (κ1) is 11.5. The van der Waals surface area contributed by atoms with Crippen LogP contribution < -0.4 is 0 Å². The van der Waals surface area contributed by atoms with Crippen LogP contribution in [-0.4, -0.2) is 21.8 Å². The minimum atomic E-state index is -0.766. The van der Waals surface area contributed by atoms with E-state index in [1.807, 2.05) is 20.8 Å². The van der Waals surface area contributed by atoms with Gasteiger partial charge in [0.25, 0.3) is 0 Å². The van der Waals surface area contributed by atoms with E-state index in [-0.39, 0.29) is 17.8 Å². The second-order valence-electron chi connectivity index (χ2n) is 4.68. The van der Waals surface area contributed by atoms with Gasteiger partial charge >= 0.3 is 5.97 Å². The van der Waals surface area contributed by atoms with Gasteiger partial charge in [-0.25, -0.2) is 0 Å². The Morgan fingerprint density at radius 3 is 2.43 bits per heavy atom. The van der Waals surface area contributed by atoms with Crippen LogP contribution in [0.15, 0.2) is 0 Å². The first-order valence-electron chi connectivity index (χ1n) is 5.38. The topological polar surface area (TPSA) is 57.5 Å². The lowest BCUT2D eigenvalue weighted by Crippen LogP contribution is -2.38. The molecule has 1 saturated carbocycles. The van der Waals surface area contributed by atoms with E-state index < -0.39 is 11.6 Å². The number of carbonyl (C=O) groups is 1. The van der Waals surface area contributed by atoms with Crippen LogP contribution in [0.3, 0.4) is 0 Å². The van der Waals surface area contributed by atoms with Crippen molar-refractivity contribution in [3.05, 3.63) is 0 Å². The molecule has 3 heteroatoms. The Balaban J connectivity index is 2.67. The predicted molar refractivity (Wildman–Crippen MR) is 53.9 cm³/mol. The van der Waals surface area contributed by atoms with Gasteiger partial charge in [-0.05, 0) is 18.8 Å². The number of hydrogen-bond donors (Lipinski definition) is 2. The summed E-state index contributed by atoms with van der Waals surface area (Å²) >= 11 is 0. The molecular weight excluding hydrogens is 180 g/mol. The average molecular weight is 200 g/mol. The van der Waals surface area contributed by atoms with Crippen molar-refractivity contribution in [2.45, 2.75) is 45.6 Å². The fraction of sp³-hybridized carbons (Fsp3) is 0.909. The van der Waals surface area contributed by atoms with Crippen LogP contribution >= 0.6 is 0 Å². The zero-order valence-electron chi connectivity index (χ0n) is 9.16. The number of carboxylic acid groups (broad SMARTS) is 1. The van der Waals surface area contributed by atoms with E-state index in [2.05, 4.69) is 0 Å². The lowest BCUT2D eigenvalue weighted by molar-refractivity contribution is -0.140. The molecule has 0 aromatic carbocycles. The number of rotatable bonds is 5. The third-order valence-corrected chi connectivity index (χ3v) is 3.40. The Kier molecular flexibility index (Phi) is 3.20. The highest BCUT2D eigenvalue weighted by Crippen LogP contribution is 2.51. The third-order valence-electron chi connectivity index (χ3n) is 3.40. The summed E-state index contributed by atoms with van der Waals surface area (Å²) in [7, 11) is 0. The molecule has 2 N–H and O–H groups in total. The van der Waals surface area contributed by atoms with E-state index >= 15 is 0 Å². The standard InChI is InChI=1S/C11H20O3/c1-4-5-11(14,7(2)3)9-6-8(9)10(12)13/h7-9,14H,4-6H2,1-3H3,(H,12,13). The molecule has 0 spiro atoms. The molecule has 3 nitrogen and oxygen atoms in total. The molecule has 3 unspecified atom stereocenters. The minimum Gasteiger partial charge on any atom is -0.481 e. The van der Waals surface area contributed by atoms with Crippen LogP contribution in [0.4, 0.5) is 0 Å². The second-order valence-corrected chi connectivity index (χ2v) is 4.68. The van der Waals surface area contributed by atoms with Gasteiger partial charge in [0.2, 0.25) is 0 Å². The van der Waals surface area contributed by atoms with Gasteiger partial charge in [0.1, 0.15) is 0 Å². The van der Waals surface area contributed by atoms with Crippen molar-refractivity contribution >= 4 is 5.97 Å². The van der Waals surface area contributed by atoms with Gasteiger partial charge in [0.15, 0.2) is 0 Å². The van der Waals surface area contributed by atoms with E-state index in [4.69, 9.17) is 5.11 Å². The van der Waals surface area contributed by atoms with Gasteiger partial charge in [0.05, 0.1) is 11.5 Å². The van der Waals surface area contributed by atoms with Crippen LogP contribution in [0, 0.1) is 17.8 Å². The Hall–Kier alpha value is -0.570. The van der Waals surface area contributed by atoms with Crippen molar-refractivity contribution in [1.29, 1.82) is 0 Å². The molecule has 0 bridgehead atoms. The quantitative estimate of drug-likeness (QED) is 0.712. The van der Waals surface area contributed by atoms with Crippen molar-refractivity contribution in [3.63, 3.8) is 0 Å². The molecule has 1 rings (SSSR count). The Bertz CT molecular complexity index is 225. The van der Waals surface area contributed by atoms with Crippen molar-refractivity contribution in [3.8, 4) is 0 Å². The highest BCUT2D eigenvalue weighted by atomic mass is 16.4. The van der Waals surface area contributed by atoms with E-state index in [1.54, 1.807) is 0 Å². The third kappa shape index (κ3) is 1.92. The molecule has 14 heavy (non-hydrogen) atoms. The number of hydrogen-bond acceptors (Lipinski definition) is 2. The fourth-order valence-electron chi connectivity index (χ4n) is 2.32. The molecule has 0 amide bonds. The average Bonchev–Trinajstić information content (AvgIpc) is 2.82. The molecule has 1 aliphatic carbocycles. The van der Waals surface area contributed by atoms with E-state index in [0.717, 1.165) is 6.42 Å². The molecule has 0 saturated heterocycles. The second kappa shape index (κ2) is 3.89. The van der Waals surface area contributed by atoms with Crippen LogP contribution in [0.25, 0.3) is 0 Å². The monoisotopic (exact) mass is 200 g/mol. The highest BCUT2D eigenvalue weighted by molar-refractivity contribution is 5.73. The van der Waals surface area contributed by atoms with Crippen LogP contribution in [-0.2, 0) is 4.79 Å². The normalized spacial score (nSPS) is 30.1. The van der Waals surface area contributed by atoms with E-state index in [9.17, 15) is 9.90 Å². The predicted octanol–water partition coefficient (Wildman–Crippen LogP) is 1.89. The van der Waals surface area contributed by atoms with Crippen LogP contribution in [0.1, 0.15) is 40.0 Å². The molecule has 1 aliphatic rings. The maximum Gasteiger partial charge on any atom is 0.306 e. The molecule has 82 valence electrons. The Morgan fingerprint density at radius 1 is 1.57 bits per heavy atom. The summed E-state index contributed by atoms with van der Waals surface area (Å²) in [6, 6.07) is 0. The maximum atomic E-state index is 10.7. The van der Waals surface area contributed by atoms with Gasteiger partial charge in [-0.15, -0.1) is 0 Å². The smallest absolute Gasteiger partial charge is 0.306 e. The molecule has 0 heterocycles. The molecule has 3 atom stereocenters. The lowest BCUT2D eigenvalue weighted by atomic mass is 9.81. The first-order chi connectivity index (χ1) is 6.43. The van der Waals surface area contributed by atoms with Crippen molar-refractivity contribution in [1.82, 2.24) is 0 Å². The van der Waals surface area contributed by atoms with E-state index in [0.29, 0.717) is 12.8 Å². The molecule has 1 fully saturated rings. The van der Waals surface area contributed by atoms with Gasteiger partial charge in [-0.2, -0.15) is 0 Å². The van der Waals surface area contributed by atoms with Gasteiger partial charge < -0.3 is 10.2 Å². The molecule has 0 aliphatic heterocycles. The van der Waals surface area contributed by atoms with Crippen molar-refractivity contribution in [2.24, 2.45) is 17.8 Å². The van der Waals surface area contributed by atoms with Crippen LogP contribution in [0.5, 0.6) is 0 Å². The summed E-state index contributed by atoms with van der Waals surface area (Å²) < 4.78 is 0. The number of aliphatic carboxylic acids is 1. The minimum absolute atomic E-state index is 0.0278. The fourth-order valence-corrected chi connectivity index (χ4v) is 2.32. The Morgan fingerprint density at radius 2 is 2.14 bits per heavy atom. The van der Waals surface area contributed by atoms with Crippen LogP contribution in [0.2, 0.25) is 0 Å². The zero-order chi connectivity index (χ0) is 10.9. The lowest BCUT2D eigenvalue weighted by Gasteiger charge is -2.32. The molecule has 0 aromatic heterocycles. The summed E-state index contributed by atoms with van der Waals surface area (Å²) in [5, 5.41) is 19.2. The highest BCUT2D eigenvalue weighted by Gasteiger charge is 2.56. The molecular formula is C11H20O3. The number of aliphatic hydroxyl groups is 1. The SMILES string of the molecule is CCCC(O)(C(C)C)C1CC1C(=O)O. The Labute approximate surface area is 85.1 Å². The van der Waals surface area contributed by atoms with Gasteiger partial charge in [-0.1, -0.05) is 27.2 Å². The van der Waals surface area contributed by atoms with Crippen molar-refractivity contribution in [2.75, 3.05) is 0 Å². The van der Waals surface area contributed by atoms with E-state index in [1.165, 1.54) is 0 Å². The summed E-state index contributed by atoms with van der Waals surface area (Å²) in [5.41, 5.74) is -0.766. The summed E-state index contributed by atoms with van der Waals surface area (Å²) in [6.07, 6.45) is 2.25. The first-order valence-corrected chi connectivity index (χ1v) is 5.38. The van der Waals surface area contributed by atoms with Gasteiger partial charge in [0, 0.05) is 5.92 Å². The summed E-state index contributed by atoms with van der Waals surface area (Å²) in [5.74, 6) is -0.962. The zero-order valence-corrected chi connectivity index (χ0v) is 9.16. The largest absolute Gasteiger partial charge is 0.481 e. The maximum absolute atomic E-state index is 10.7. The number of carboxylic acids is 1. The molecule has 0 radical (unpaired) electrons. The van der Waals surface area contributed by atoms with Crippen molar-refractivity contribution < 1.29 is 15.0 Å². The molecule has 0 aromatic rings. The van der Waals surface area contributed by atoms with Gasteiger partial charge in [-0.3, -0.25) is 4.79 Å². The summed E-state index contributed by atoms with van der Waals surface area (Å²) in [6.45, 7) is 5.95. The summed E-state index contributed by atoms with van der Waals surface area (Å²) in [4.78, 5) is 10.7.